The number of hydrogen-bond donors (Lipinski definition) is 1. The van der Waals surface area contributed by atoms with Crippen LogP contribution in [0.25, 0.3) is 0 Å². The number of rotatable bonds is 9. The van der Waals surface area contributed by atoms with Crippen LogP contribution >= 0.6 is 0 Å². The minimum Gasteiger partial charge on any atom is -0.493 e. The third-order valence-corrected chi connectivity index (χ3v) is 5.46. The summed E-state index contributed by atoms with van der Waals surface area (Å²) in [5.74, 6) is 0.677. The van der Waals surface area contributed by atoms with E-state index >= 15 is 0 Å². The Labute approximate surface area is 154 Å². The van der Waals surface area contributed by atoms with Crippen LogP contribution in [-0.4, -0.2) is 71.5 Å². The van der Waals surface area contributed by atoms with E-state index in [4.69, 9.17) is 14.2 Å². The lowest BCUT2D eigenvalue weighted by Crippen LogP contribution is -2.41. The molecule has 0 bridgehead atoms. The molecule has 0 radical (unpaired) electrons. The highest BCUT2D eigenvalue weighted by molar-refractivity contribution is 7.88. The van der Waals surface area contributed by atoms with Crippen LogP contribution in [0.3, 0.4) is 0 Å². The van der Waals surface area contributed by atoms with E-state index in [-0.39, 0.29) is 25.1 Å². The topological polar surface area (TPSA) is 94.2 Å². The van der Waals surface area contributed by atoms with Gasteiger partial charge in [0.05, 0.1) is 26.6 Å². The predicted molar refractivity (Wildman–Crippen MR) is 97.3 cm³/mol. The number of amides is 1. The SMILES string of the molecule is COc1ccc(C(=O)NCCN(CC2CCCO2)S(C)(=O)=O)cc1OC. The molecule has 1 saturated heterocycles. The third-order valence-electron chi connectivity index (χ3n) is 4.19. The Hall–Kier alpha value is -1.84. The van der Waals surface area contributed by atoms with Gasteiger partial charge in [0, 0.05) is 31.8 Å². The maximum atomic E-state index is 12.3. The lowest BCUT2D eigenvalue weighted by atomic mass is 10.2. The van der Waals surface area contributed by atoms with Crippen LogP contribution in [0.5, 0.6) is 11.5 Å². The summed E-state index contributed by atoms with van der Waals surface area (Å²) in [7, 11) is -0.355. The maximum absolute atomic E-state index is 12.3. The first-order valence-electron chi connectivity index (χ1n) is 8.42. The fourth-order valence-electron chi connectivity index (χ4n) is 2.78. The van der Waals surface area contributed by atoms with Gasteiger partial charge in [-0.2, -0.15) is 4.31 Å². The first-order valence-corrected chi connectivity index (χ1v) is 10.3. The predicted octanol–water partition coefficient (Wildman–Crippen LogP) is 0.874. The van der Waals surface area contributed by atoms with Crippen molar-refractivity contribution in [1.82, 2.24) is 9.62 Å². The number of nitrogens with one attached hydrogen (secondary N) is 1. The van der Waals surface area contributed by atoms with Crippen LogP contribution in [0.2, 0.25) is 0 Å². The average Bonchev–Trinajstić information content (AvgIpc) is 3.12. The summed E-state index contributed by atoms with van der Waals surface area (Å²) < 4.78 is 41.1. The number of nitrogens with zero attached hydrogens (tertiary/aromatic N) is 1. The van der Waals surface area contributed by atoms with E-state index < -0.39 is 10.0 Å². The molecule has 9 heteroatoms. The molecule has 1 N–H and O–H groups in total. The Morgan fingerprint density at radius 3 is 2.62 bits per heavy atom. The highest BCUT2D eigenvalue weighted by Gasteiger charge is 2.24. The van der Waals surface area contributed by atoms with E-state index in [9.17, 15) is 13.2 Å². The van der Waals surface area contributed by atoms with Gasteiger partial charge in [-0.15, -0.1) is 0 Å². The highest BCUT2D eigenvalue weighted by atomic mass is 32.2. The molecule has 1 aliphatic rings. The summed E-state index contributed by atoms with van der Waals surface area (Å²) in [5.41, 5.74) is 0.410. The van der Waals surface area contributed by atoms with E-state index in [0.717, 1.165) is 19.1 Å². The lowest BCUT2D eigenvalue weighted by Gasteiger charge is -2.23. The van der Waals surface area contributed by atoms with Crippen LogP contribution < -0.4 is 14.8 Å². The molecule has 1 aromatic rings. The number of methoxy groups -OCH3 is 2. The van der Waals surface area contributed by atoms with E-state index in [2.05, 4.69) is 5.32 Å². The van der Waals surface area contributed by atoms with Crippen LogP contribution in [0, 0.1) is 0 Å². The Balaban J connectivity index is 1.92. The molecule has 0 aromatic heterocycles. The molecule has 1 aliphatic heterocycles. The average molecular weight is 386 g/mol. The van der Waals surface area contributed by atoms with Crippen molar-refractivity contribution in [3.05, 3.63) is 23.8 Å². The van der Waals surface area contributed by atoms with E-state index in [1.54, 1.807) is 18.2 Å². The zero-order valence-corrected chi connectivity index (χ0v) is 16.2. The number of ether oxygens (including phenoxy) is 3. The van der Waals surface area contributed by atoms with Crippen molar-refractivity contribution in [2.45, 2.75) is 18.9 Å². The van der Waals surface area contributed by atoms with Gasteiger partial charge in [-0.1, -0.05) is 0 Å². The molecule has 0 spiro atoms. The molecule has 1 atom stereocenters. The molecule has 26 heavy (non-hydrogen) atoms. The molecule has 0 aliphatic carbocycles. The summed E-state index contributed by atoms with van der Waals surface area (Å²) in [6.07, 6.45) is 2.88. The van der Waals surface area contributed by atoms with Crippen molar-refractivity contribution in [2.24, 2.45) is 0 Å². The van der Waals surface area contributed by atoms with Crippen molar-refractivity contribution in [3.8, 4) is 11.5 Å². The summed E-state index contributed by atoms with van der Waals surface area (Å²) in [4.78, 5) is 12.3. The molecule has 8 nitrogen and oxygen atoms in total. The molecular weight excluding hydrogens is 360 g/mol. The minimum absolute atomic E-state index is 0.0775. The Morgan fingerprint density at radius 1 is 1.31 bits per heavy atom. The second-order valence-corrected chi connectivity index (χ2v) is 8.06. The molecule has 146 valence electrons. The monoisotopic (exact) mass is 386 g/mol. The number of sulfonamides is 1. The number of hydrogen-bond acceptors (Lipinski definition) is 6. The Kier molecular flexibility index (Phi) is 7.24. The number of carbonyl (C=O) groups is 1. The largest absolute Gasteiger partial charge is 0.493 e. The van der Waals surface area contributed by atoms with Crippen LogP contribution in [0.1, 0.15) is 23.2 Å². The van der Waals surface area contributed by atoms with Crippen molar-refractivity contribution >= 4 is 15.9 Å². The van der Waals surface area contributed by atoms with Gasteiger partial charge in [0.15, 0.2) is 11.5 Å². The molecule has 1 heterocycles. The van der Waals surface area contributed by atoms with Crippen LogP contribution in [0.15, 0.2) is 18.2 Å². The van der Waals surface area contributed by atoms with Gasteiger partial charge < -0.3 is 19.5 Å². The smallest absolute Gasteiger partial charge is 0.251 e. The number of carbonyl (C=O) groups excluding carboxylic acids is 1. The highest BCUT2D eigenvalue weighted by Crippen LogP contribution is 2.27. The Bertz CT molecular complexity index is 716. The van der Waals surface area contributed by atoms with Gasteiger partial charge in [-0.05, 0) is 31.0 Å². The van der Waals surface area contributed by atoms with Crippen molar-refractivity contribution in [3.63, 3.8) is 0 Å². The molecule has 1 aromatic carbocycles. The second kappa shape index (κ2) is 9.20. The first-order chi connectivity index (χ1) is 12.3. The van der Waals surface area contributed by atoms with Gasteiger partial charge in [0.25, 0.3) is 5.91 Å². The molecule has 2 rings (SSSR count). The summed E-state index contributed by atoms with van der Waals surface area (Å²) in [6.45, 7) is 1.37. The van der Waals surface area contributed by atoms with Crippen LogP contribution in [-0.2, 0) is 14.8 Å². The summed E-state index contributed by atoms with van der Waals surface area (Å²) >= 11 is 0. The third kappa shape index (κ3) is 5.58. The standard InChI is InChI=1S/C17H26N2O6S/c1-23-15-7-6-13(11-16(15)24-2)17(20)18-8-9-19(26(3,21)22)12-14-5-4-10-25-14/h6-7,11,14H,4-5,8-10,12H2,1-3H3,(H,18,20). The molecule has 1 unspecified atom stereocenters. The van der Waals surface area contributed by atoms with Gasteiger partial charge in [-0.25, -0.2) is 8.42 Å². The number of benzene rings is 1. The van der Waals surface area contributed by atoms with Gasteiger partial charge >= 0.3 is 0 Å². The fraction of sp³-hybridized carbons (Fsp3) is 0.588. The van der Waals surface area contributed by atoms with Gasteiger partial charge in [-0.3, -0.25) is 4.79 Å². The van der Waals surface area contributed by atoms with Crippen molar-refractivity contribution in [1.29, 1.82) is 0 Å². The Morgan fingerprint density at radius 2 is 2.04 bits per heavy atom. The van der Waals surface area contributed by atoms with Crippen molar-refractivity contribution < 1.29 is 27.4 Å². The molecule has 1 amide bonds. The zero-order valence-electron chi connectivity index (χ0n) is 15.4. The van der Waals surface area contributed by atoms with E-state index in [1.165, 1.54) is 18.5 Å². The summed E-state index contributed by atoms with van der Waals surface area (Å²) in [5, 5.41) is 2.73. The summed E-state index contributed by atoms with van der Waals surface area (Å²) in [6, 6.07) is 4.85. The molecular formula is C17H26N2O6S. The van der Waals surface area contributed by atoms with Crippen molar-refractivity contribution in [2.75, 3.05) is 46.7 Å². The normalized spacial score (nSPS) is 17.3. The van der Waals surface area contributed by atoms with E-state index in [0.29, 0.717) is 30.2 Å². The molecule has 1 fully saturated rings. The fourth-order valence-corrected chi connectivity index (χ4v) is 3.64. The quantitative estimate of drug-likeness (QED) is 0.677. The maximum Gasteiger partial charge on any atom is 0.251 e. The minimum atomic E-state index is -3.37. The zero-order chi connectivity index (χ0) is 19.2. The second-order valence-electron chi connectivity index (χ2n) is 6.08. The lowest BCUT2D eigenvalue weighted by molar-refractivity contribution is 0.0910. The molecule has 0 saturated carbocycles. The first kappa shape index (κ1) is 20.5. The van der Waals surface area contributed by atoms with Crippen LogP contribution in [0.4, 0.5) is 0 Å². The van der Waals surface area contributed by atoms with E-state index in [1.807, 2.05) is 0 Å². The van der Waals surface area contributed by atoms with Gasteiger partial charge in [0.1, 0.15) is 0 Å². The van der Waals surface area contributed by atoms with Gasteiger partial charge in [0.2, 0.25) is 10.0 Å².